The molecule has 2 rings (SSSR count). The van der Waals surface area contributed by atoms with Crippen LogP contribution in [0.15, 0.2) is 18.2 Å². The molecule has 1 aliphatic rings. The third kappa shape index (κ3) is 3.41. The van der Waals surface area contributed by atoms with Crippen molar-refractivity contribution in [2.75, 3.05) is 25.0 Å². The van der Waals surface area contributed by atoms with E-state index in [2.05, 4.69) is 29.1 Å². The van der Waals surface area contributed by atoms with Gasteiger partial charge in [0.25, 0.3) is 0 Å². The molecule has 0 saturated carbocycles. The number of benzene rings is 1. The number of nitrogens with zero attached hydrogens (tertiary/aromatic N) is 1. The molecule has 0 spiro atoms. The lowest BCUT2D eigenvalue weighted by Crippen LogP contribution is -2.39. The van der Waals surface area contributed by atoms with Crippen LogP contribution < -0.4 is 5.32 Å². The number of piperidine rings is 1. The van der Waals surface area contributed by atoms with Crippen molar-refractivity contribution in [2.24, 2.45) is 0 Å². The molecule has 1 aromatic carbocycles. The lowest BCUT2D eigenvalue weighted by Gasteiger charge is -2.32. The van der Waals surface area contributed by atoms with Crippen LogP contribution in [0.5, 0.6) is 0 Å². The van der Waals surface area contributed by atoms with Crippen LogP contribution >= 0.6 is 11.6 Å². The molecule has 0 aromatic heterocycles. The molecular weight excluding hydrogens is 244 g/mol. The molecule has 0 radical (unpaired) electrons. The molecule has 18 heavy (non-hydrogen) atoms. The zero-order chi connectivity index (χ0) is 13.0. The minimum atomic E-state index is 0.541. The average Bonchev–Trinajstić information content (AvgIpc) is 2.35. The number of terminal acetylenes is 1. The Kier molecular flexibility index (Phi) is 4.52. The molecule has 0 amide bonds. The van der Waals surface area contributed by atoms with Crippen molar-refractivity contribution in [2.45, 2.75) is 25.8 Å². The molecule has 0 bridgehead atoms. The zero-order valence-corrected chi connectivity index (χ0v) is 11.5. The summed E-state index contributed by atoms with van der Waals surface area (Å²) in [5, 5.41) is 4.40. The van der Waals surface area contributed by atoms with Crippen LogP contribution in [0.2, 0.25) is 5.02 Å². The lowest BCUT2D eigenvalue weighted by molar-refractivity contribution is 0.243. The van der Waals surface area contributed by atoms with Crippen LogP contribution in [-0.2, 0) is 0 Å². The largest absolute Gasteiger partial charge is 0.382 e. The minimum absolute atomic E-state index is 0.541. The summed E-state index contributed by atoms with van der Waals surface area (Å²) in [6.07, 6.45) is 7.62. The highest BCUT2D eigenvalue weighted by Crippen LogP contribution is 2.22. The Bertz CT molecular complexity index is 442. The van der Waals surface area contributed by atoms with E-state index in [1.165, 1.54) is 11.3 Å². The van der Waals surface area contributed by atoms with Crippen molar-refractivity contribution in [1.82, 2.24) is 4.90 Å². The molecule has 1 heterocycles. The van der Waals surface area contributed by atoms with Gasteiger partial charge in [0.2, 0.25) is 0 Å². The number of hydrogen-bond acceptors (Lipinski definition) is 2. The smallest absolute Gasteiger partial charge is 0.0598 e. The molecule has 1 saturated heterocycles. The second-order valence-electron chi connectivity index (χ2n) is 4.86. The summed E-state index contributed by atoms with van der Waals surface area (Å²) in [5.74, 6) is 2.71. The third-order valence-electron chi connectivity index (χ3n) is 3.45. The van der Waals surface area contributed by atoms with Crippen molar-refractivity contribution in [3.05, 3.63) is 28.8 Å². The normalized spacial score (nSPS) is 17.4. The zero-order valence-electron chi connectivity index (χ0n) is 10.7. The van der Waals surface area contributed by atoms with Crippen LogP contribution in [0.1, 0.15) is 18.4 Å². The maximum Gasteiger partial charge on any atom is 0.0598 e. The van der Waals surface area contributed by atoms with Crippen LogP contribution in [0.3, 0.4) is 0 Å². The van der Waals surface area contributed by atoms with Gasteiger partial charge in [-0.15, -0.1) is 6.42 Å². The van der Waals surface area contributed by atoms with E-state index < -0.39 is 0 Å². The summed E-state index contributed by atoms with van der Waals surface area (Å²) < 4.78 is 0. The molecule has 0 aliphatic carbocycles. The summed E-state index contributed by atoms with van der Waals surface area (Å²) in [6.45, 7) is 5.01. The van der Waals surface area contributed by atoms with Crippen LogP contribution in [0.25, 0.3) is 0 Å². The Hall–Kier alpha value is -1.17. The van der Waals surface area contributed by atoms with E-state index in [1.54, 1.807) is 0 Å². The Morgan fingerprint density at radius 3 is 2.78 bits per heavy atom. The minimum Gasteiger partial charge on any atom is -0.382 e. The number of aryl methyl sites for hydroxylation is 1. The first-order chi connectivity index (χ1) is 8.69. The molecule has 2 nitrogen and oxygen atoms in total. The molecule has 1 aromatic rings. The van der Waals surface area contributed by atoms with Gasteiger partial charge in [-0.1, -0.05) is 17.5 Å². The SMILES string of the molecule is C#CCN1CCC(Nc2ccc(Cl)cc2C)CC1. The number of likely N-dealkylation sites (tertiary alicyclic amines) is 1. The van der Waals surface area contributed by atoms with Crippen LogP contribution in [0.4, 0.5) is 5.69 Å². The lowest BCUT2D eigenvalue weighted by atomic mass is 10.0. The average molecular weight is 263 g/mol. The first-order valence-electron chi connectivity index (χ1n) is 6.37. The van der Waals surface area contributed by atoms with Crippen molar-refractivity contribution in [1.29, 1.82) is 0 Å². The van der Waals surface area contributed by atoms with Gasteiger partial charge in [-0.05, 0) is 43.5 Å². The quantitative estimate of drug-likeness (QED) is 0.842. The van der Waals surface area contributed by atoms with Gasteiger partial charge in [-0.3, -0.25) is 4.90 Å². The fourth-order valence-corrected chi connectivity index (χ4v) is 2.60. The summed E-state index contributed by atoms with van der Waals surface area (Å²) in [7, 11) is 0. The maximum absolute atomic E-state index is 5.96. The highest BCUT2D eigenvalue weighted by atomic mass is 35.5. The van der Waals surface area contributed by atoms with E-state index in [0.717, 1.165) is 37.5 Å². The van der Waals surface area contributed by atoms with Crippen molar-refractivity contribution < 1.29 is 0 Å². The molecular formula is C15H19ClN2. The van der Waals surface area contributed by atoms with Crippen molar-refractivity contribution >= 4 is 17.3 Å². The summed E-state index contributed by atoms with van der Waals surface area (Å²) in [6, 6.07) is 6.53. The van der Waals surface area contributed by atoms with Gasteiger partial charge in [0.05, 0.1) is 6.54 Å². The fourth-order valence-electron chi connectivity index (χ4n) is 2.37. The molecule has 3 heteroatoms. The first-order valence-corrected chi connectivity index (χ1v) is 6.75. The summed E-state index contributed by atoms with van der Waals surface area (Å²) in [4.78, 5) is 2.33. The summed E-state index contributed by atoms with van der Waals surface area (Å²) >= 11 is 5.96. The van der Waals surface area contributed by atoms with Gasteiger partial charge in [0.15, 0.2) is 0 Å². The van der Waals surface area contributed by atoms with Crippen molar-refractivity contribution in [3.8, 4) is 12.3 Å². The Morgan fingerprint density at radius 2 is 2.17 bits per heavy atom. The number of anilines is 1. The Morgan fingerprint density at radius 1 is 1.44 bits per heavy atom. The van der Waals surface area contributed by atoms with E-state index in [4.69, 9.17) is 18.0 Å². The van der Waals surface area contributed by atoms with Crippen molar-refractivity contribution in [3.63, 3.8) is 0 Å². The molecule has 0 unspecified atom stereocenters. The first kappa shape index (κ1) is 13.3. The predicted octanol–water partition coefficient (Wildman–Crippen LogP) is 3.16. The summed E-state index contributed by atoms with van der Waals surface area (Å²) in [5.41, 5.74) is 2.39. The molecule has 1 N–H and O–H groups in total. The van der Waals surface area contributed by atoms with Gasteiger partial charge >= 0.3 is 0 Å². The van der Waals surface area contributed by atoms with Gasteiger partial charge < -0.3 is 5.32 Å². The topological polar surface area (TPSA) is 15.3 Å². The van der Waals surface area contributed by atoms with Gasteiger partial charge in [-0.2, -0.15) is 0 Å². The van der Waals surface area contributed by atoms with E-state index >= 15 is 0 Å². The predicted molar refractivity (Wildman–Crippen MR) is 78.1 cm³/mol. The maximum atomic E-state index is 5.96. The molecule has 0 atom stereocenters. The highest BCUT2D eigenvalue weighted by molar-refractivity contribution is 6.30. The van der Waals surface area contributed by atoms with Gasteiger partial charge in [-0.25, -0.2) is 0 Å². The Labute approximate surface area is 114 Å². The van der Waals surface area contributed by atoms with Crippen LogP contribution in [-0.4, -0.2) is 30.6 Å². The van der Waals surface area contributed by atoms with Gasteiger partial charge in [0, 0.05) is 29.8 Å². The molecule has 96 valence electrons. The van der Waals surface area contributed by atoms with E-state index in [9.17, 15) is 0 Å². The standard InChI is InChI=1S/C15H19ClN2/c1-3-8-18-9-6-14(7-10-18)17-15-5-4-13(16)11-12(15)2/h1,4-5,11,14,17H,6-10H2,2H3. The van der Waals surface area contributed by atoms with Crippen LogP contribution in [0, 0.1) is 19.3 Å². The second-order valence-corrected chi connectivity index (χ2v) is 5.29. The second kappa shape index (κ2) is 6.13. The number of halogens is 1. The highest BCUT2D eigenvalue weighted by Gasteiger charge is 2.18. The molecule has 1 fully saturated rings. The number of rotatable bonds is 3. The van der Waals surface area contributed by atoms with E-state index in [1.807, 2.05) is 12.1 Å². The number of nitrogens with one attached hydrogen (secondary N) is 1. The third-order valence-corrected chi connectivity index (χ3v) is 3.69. The fraction of sp³-hybridized carbons (Fsp3) is 0.467. The van der Waals surface area contributed by atoms with Gasteiger partial charge in [0.1, 0.15) is 0 Å². The van der Waals surface area contributed by atoms with E-state index in [0.29, 0.717) is 6.04 Å². The Balaban J connectivity index is 1.90. The molecule has 1 aliphatic heterocycles. The van der Waals surface area contributed by atoms with E-state index in [-0.39, 0.29) is 0 Å². The number of hydrogen-bond donors (Lipinski definition) is 1. The monoisotopic (exact) mass is 262 g/mol.